The Balaban J connectivity index is 1.66. The lowest BCUT2D eigenvalue weighted by Crippen LogP contribution is -2.26. The molecular weight excluding hydrogens is 372 g/mol. The zero-order valence-electron chi connectivity index (χ0n) is 17.8. The van der Waals surface area contributed by atoms with E-state index in [0.29, 0.717) is 0 Å². The fraction of sp³-hybridized carbons (Fsp3) is 0.292. The molecule has 1 aliphatic rings. The Hall–Kier alpha value is -3.41. The zero-order valence-corrected chi connectivity index (χ0v) is 17.8. The standard InChI is InChI=1S/C24H25N6/c1-15-6-7-20(30-25-8-9-26-30)22(10-15)29-14-16(2)11-23(29)24-27-19-12-17(3)18(4)13-21(19)28(24)5/h6,8-10,12-13,23H,2,11,14H2,1,3-5H3/t23-/m0/s1. The monoisotopic (exact) mass is 397 g/mol. The van der Waals surface area contributed by atoms with Gasteiger partial charge in [-0.2, -0.15) is 10.2 Å². The van der Waals surface area contributed by atoms with Gasteiger partial charge in [-0.1, -0.05) is 12.2 Å². The lowest BCUT2D eigenvalue weighted by Gasteiger charge is -2.28. The van der Waals surface area contributed by atoms with Crippen molar-refractivity contribution in [2.75, 3.05) is 11.4 Å². The van der Waals surface area contributed by atoms with Crippen LogP contribution in [0.1, 0.15) is 35.0 Å². The van der Waals surface area contributed by atoms with E-state index in [1.54, 1.807) is 17.2 Å². The van der Waals surface area contributed by atoms with Crippen LogP contribution in [0.15, 0.2) is 48.8 Å². The lowest BCUT2D eigenvalue weighted by molar-refractivity contribution is 0.641. The van der Waals surface area contributed by atoms with Crippen molar-refractivity contribution in [1.82, 2.24) is 24.5 Å². The van der Waals surface area contributed by atoms with Gasteiger partial charge in [0.15, 0.2) is 0 Å². The highest BCUT2D eigenvalue weighted by atomic mass is 15.5. The summed E-state index contributed by atoms with van der Waals surface area (Å²) in [6, 6.07) is 12.0. The highest BCUT2D eigenvalue weighted by molar-refractivity contribution is 5.78. The van der Waals surface area contributed by atoms with Crippen molar-refractivity contribution in [3.63, 3.8) is 0 Å². The molecule has 1 radical (unpaired) electrons. The van der Waals surface area contributed by atoms with Gasteiger partial charge in [0.2, 0.25) is 0 Å². The second-order valence-corrected chi connectivity index (χ2v) is 8.28. The van der Waals surface area contributed by atoms with Crippen LogP contribution in [0.2, 0.25) is 0 Å². The van der Waals surface area contributed by atoms with E-state index in [-0.39, 0.29) is 6.04 Å². The van der Waals surface area contributed by atoms with E-state index in [1.807, 2.05) is 6.07 Å². The summed E-state index contributed by atoms with van der Waals surface area (Å²) in [4.78, 5) is 9.05. The van der Waals surface area contributed by atoms with Crippen LogP contribution in [0, 0.1) is 26.8 Å². The van der Waals surface area contributed by atoms with E-state index >= 15 is 0 Å². The first kappa shape index (κ1) is 18.6. The number of hydrogen-bond acceptors (Lipinski definition) is 4. The SMILES string of the molecule is C=C1C[C@@H](c2nc3cc(C)c(C)cc3n2C)N(c2cc(C)c[c]c2-n2nccn2)C1. The summed E-state index contributed by atoms with van der Waals surface area (Å²) in [6.07, 6.45) is 4.25. The molecule has 0 saturated carbocycles. The lowest BCUT2D eigenvalue weighted by atomic mass is 10.1. The summed E-state index contributed by atoms with van der Waals surface area (Å²) in [5, 5.41) is 8.68. The smallest absolute Gasteiger partial charge is 0.132 e. The average Bonchev–Trinajstić information content (AvgIpc) is 3.43. The summed E-state index contributed by atoms with van der Waals surface area (Å²) in [5.41, 5.74) is 8.98. The van der Waals surface area contributed by atoms with E-state index < -0.39 is 0 Å². The minimum Gasteiger partial charge on any atom is -0.355 e. The number of aromatic nitrogens is 5. The van der Waals surface area contributed by atoms with Gasteiger partial charge in [0.1, 0.15) is 11.5 Å². The Morgan fingerprint density at radius 2 is 1.80 bits per heavy atom. The molecule has 0 amide bonds. The molecule has 6 nitrogen and oxygen atoms in total. The topological polar surface area (TPSA) is 51.8 Å². The van der Waals surface area contributed by atoms with Gasteiger partial charge >= 0.3 is 0 Å². The summed E-state index contributed by atoms with van der Waals surface area (Å²) in [7, 11) is 2.11. The van der Waals surface area contributed by atoms with Crippen LogP contribution in [-0.2, 0) is 7.05 Å². The second-order valence-electron chi connectivity index (χ2n) is 8.28. The van der Waals surface area contributed by atoms with E-state index in [2.05, 4.69) is 78.3 Å². The molecule has 30 heavy (non-hydrogen) atoms. The van der Waals surface area contributed by atoms with Crippen molar-refractivity contribution < 1.29 is 0 Å². The Kier molecular flexibility index (Phi) is 4.24. The average molecular weight is 398 g/mol. The molecule has 3 heterocycles. The number of aryl methyl sites for hydroxylation is 4. The van der Waals surface area contributed by atoms with Gasteiger partial charge in [-0.25, -0.2) is 4.98 Å². The molecule has 1 aliphatic heterocycles. The number of imidazole rings is 1. The van der Waals surface area contributed by atoms with Gasteiger partial charge in [-0.3, -0.25) is 0 Å². The fourth-order valence-electron chi connectivity index (χ4n) is 4.34. The predicted octanol–water partition coefficient (Wildman–Crippen LogP) is 4.39. The summed E-state index contributed by atoms with van der Waals surface area (Å²) in [5.74, 6) is 1.05. The van der Waals surface area contributed by atoms with Gasteiger partial charge in [0.05, 0.1) is 35.2 Å². The van der Waals surface area contributed by atoms with Crippen molar-refractivity contribution in [2.24, 2.45) is 7.05 Å². The van der Waals surface area contributed by atoms with Gasteiger partial charge in [-0.15, -0.1) is 4.80 Å². The number of anilines is 1. The Morgan fingerprint density at radius 3 is 2.57 bits per heavy atom. The molecule has 1 atom stereocenters. The second kappa shape index (κ2) is 6.83. The molecule has 0 spiro atoms. The minimum atomic E-state index is 0.0972. The fourth-order valence-corrected chi connectivity index (χ4v) is 4.34. The summed E-state index contributed by atoms with van der Waals surface area (Å²) < 4.78 is 2.23. The first-order valence-corrected chi connectivity index (χ1v) is 10.2. The molecule has 2 aromatic carbocycles. The molecule has 4 aromatic rings. The minimum absolute atomic E-state index is 0.0972. The molecule has 0 N–H and O–H groups in total. The van der Waals surface area contributed by atoms with Gasteiger partial charge in [0, 0.05) is 19.7 Å². The van der Waals surface area contributed by atoms with Crippen molar-refractivity contribution in [2.45, 2.75) is 33.2 Å². The molecule has 1 fully saturated rings. The van der Waals surface area contributed by atoms with Crippen LogP contribution in [0.25, 0.3) is 16.7 Å². The van der Waals surface area contributed by atoms with Crippen LogP contribution < -0.4 is 4.90 Å². The number of nitrogens with zero attached hydrogens (tertiary/aromatic N) is 6. The summed E-state index contributed by atoms with van der Waals surface area (Å²) in [6.45, 7) is 11.5. The third-order valence-electron chi connectivity index (χ3n) is 6.05. The number of rotatable bonds is 3. The quantitative estimate of drug-likeness (QED) is 0.481. The van der Waals surface area contributed by atoms with E-state index in [0.717, 1.165) is 46.8 Å². The van der Waals surface area contributed by atoms with Crippen molar-refractivity contribution in [3.8, 4) is 5.69 Å². The Labute approximate surface area is 176 Å². The van der Waals surface area contributed by atoms with Gasteiger partial charge < -0.3 is 9.47 Å². The molecule has 2 aromatic heterocycles. The molecule has 151 valence electrons. The maximum Gasteiger partial charge on any atom is 0.132 e. The Morgan fingerprint density at radius 1 is 1.07 bits per heavy atom. The van der Waals surface area contributed by atoms with Crippen LogP contribution in [0.3, 0.4) is 0 Å². The molecule has 5 rings (SSSR count). The molecule has 0 unspecified atom stereocenters. The van der Waals surface area contributed by atoms with Crippen LogP contribution >= 0.6 is 0 Å². The Bertz CT molecular complexity index is 1260. The van der Waals surface area contributed by atoms with Crippen molar-refractivity contribution >= 4 is 16.7 Å². The van der Waals surface area contributed by atoms with Gasteiger partial charge in [0.25, 0.3) is 0 Å². The normalized spacial score (nSPS) is 16.7. The molecule has 6 heteroatoms. The van der Waals surface area contributed by atoms with E-state index in [4.69, 9.17) is 4.98 Å². The van der Waals surface area contributed by atoms with Crippen LogP contribution in [0.5, 0.6) is 0 Å². The van der Waals surface area contributed by atoms with E-state index in [9.17, 15) is 0 Å². The summed E-state index contributed by atoms with van der Waals surface area (Å²) >= 11 is 0. The molecule has 0 bridgehead atoms. The number of fused-ring (bicyclic) bond motifs is 1. The maximum absolute atomic E-state index is 5.05. The van der Waals surface area contributed by atoms with Crippen molar-refractivity contribution in [3.05, 3.63) is 77.4 Å². The predicted molar refractivity (Wildman–Crippen MR) is 119 cm³/mol. The maximum atomic E-state index is 5.05. The zero-order chi connectivity index (χ0) is 21.0. The number of hydrogen-bond donors (Lipinski definition) is 0. The molecule has 1 saturated heterocycles. The van der Waals surface area contributed by atoms with E-state index in [1.165, 1.54) is 16.7 Å². The van der Waals surface area contributed by atoms with Gasteiger partial charge in [-0.05, 0) is 68.1 Å². The highest BCUT2D eigenvalue weighted by Crippen LogP contribution is 2.41. The van der Waals surface area contributed by atoms with Crippen molar-refractivity contribution in [1.29, 1.82) is 0 Å². The van der Waals surface area contributed by atoms with Crippen LogP contribution in [-0.4, -0.2) is 31.1 Å². The molecular formula is C24H25N6. The third kappa shape index (κ3) is 2.91. The first-order chi connectivity index (χ1) is 14.4. The van der Waals surface area contributed by atoms with Crippen LogP contribution in [0.4, 0.5) is 5.69 Å². The number of benzene rings is 2. The largest absolute Gasteiger partial charge is 0.355 e. The highest BCUT2D eigenvalue weighted by Gasteiger charge is 2.34. The molecule has 0 aliphatic carbocycles. The third-order valence-corrected chi connectivity index (χ3v) is 6.05. The first-order valence-electron chi connectivity index (χ1n) is 10.2.